The molecule has 0 saturated carbocycles. The van der Waals surface area contributed by atoms with Gasteiger partial charge in [-0.15, -0.1) is 0 Å². The van der Waals surface area contributed by atoms with Crippen molar-refractivity contribution in [3.05, 3.63) is 12.2 Å². The van der Waals surface area contributed by atoms with Gasteiger partial charge in [0.25, 0.3) is 0 Å². The number of carbonyl (C=O) groups is 2. The van der Waals surface area contributed by atoms with E-state index in [2.05, 4.69) is 0 Å². The number of carboxylic acid groups (broad SMARTS) is 2. The normalized spacial score (nSPS) is 16.9. The second kappa shape index (κ2) is 6.22. The van der Waals surface area contributed by atoms with Crippen molar-refractivity contribution in [3.63, 3.8) is 0 Å². The van der Waals surface area contributed by atoms with Crippen LogP contribution in [-0.4, -0.2) is 11.9 Å². The summed E-state index contributed by atoms with van der Waals surface area (Å²) in [6, 6.07) is 0. The Morgan fingerprint density at radius 3 is 1.77 bits per heavy atom. The molecule has 0 atom stereocenters. The molecule has 0 radical (unpaired) electrons. The molecule has 0 aromatic heterocycles. The van der Waals surface area contributed by atoms with Crippen LogP contribution in [0.4, 0.5) is 0 Å². The zero-order chi connectivity index (χ0) is 8.48. The van der Waals surface area contributed by atoms with Crippen molar-refractivity contribution < 1.29 is 78.9 Å². The fourth-order valence-electron chi connectivity index (χ4n) is 1.10. The topological polar surface area (TPSA) is 80.3 Å². The van der Waals surface area contributed by atoms with Crippen LogP contribution in [0.5, 0.6) is 0 Å². The van der Waals surface area contributed by atoms with E-state index < -0.39 is 17.4 Å². The number of aliphatic carboxylic acids is 2. The maximum absolute atomic E-state index is 10.4. The molecule has 1 rings (SSSR count). The van der Waals surface area contributed by atoms with Gasteiger partial charge in [0.2, 0.25) is 0 Å². The zero-order valence-corrected chi connectivity index (χ0v) is 11.7. The largest absolute Gasteiger partial charge is 1.00 e. The summed E-state index contributed by atoms with van der Waals surface area (Å²) < 4.78 is 0. The number of carboxylic acids is 2. The maximum Gasteiger partial charge on any atom is 1.00 e. The number of hydrogen-bond acceptors (Lipinski definition) is 4. The van der Waals surface area contributed by atoms with E-state index in [1.165, 1.54) is 6.08 Å². The first kappa shape index (κ1) is 16.1. The van der Waals surface area contributed by atoms with E-state index >= 15 is 0 Å². The number of hydrogen-bond donors (Lipinski definition) is 0. The van der Waals surface area contributed by atoms with Gasteiger partial charge in [0.15, 0.2) is 0 Å². The molecule has 1 aliphatic carbocycles. The molecule has 13 heavy (non-hydrogen) atoms. The Morgan fingerprint density at radius 1 is 1.15 bits per heavy atom. The van der Waals surface area contributed by atoms with Gasteiger partial charge in [-0.25, -0.2) is 0 Å². The molecule has 0 heterocycles. The fourth-order valence-corrected chi connectivity index (χ4v) is 1.10. The van der Waals surface area contributed by atoms with Crippen LogP contribution in [0.15, 0.2) is 12.2 Å². The molecule has 0 fully saturated rings. The Hall–Kier alpha value is 0.680. The summed E-state index contributed by atoms with van der Waals surface area (Å²) in [7, 11) is 0. The number of allylic oxidation sites excluding steroid dienone is 1. The Bertz CT molecular complexity index is 223. The molecule has 0 saturated heterocycles. The van der Waals surface area contributed by atoms with Crippen molar-refractivity contribution in [2.75, 3.05) is 0 Å². The smallest absolute Gasteiger partial charge is 0.549 e. The third-order valence-corrected chi connectivity index (χ3v) is 1.84. The van der Waals surface area contributed by atoms with Crippen molar-refractivity contribution in [2.24, 2.45) is 5.41 Å². The van der Waals surface area contributed by atoms with Gasteiger partial charge in [-0.05, 0) is 12.8 Å². The van der Waals surface area contributed by atoms with Crippen molar-refractivity contribution in [1.29, 1.82) is 0 Å². The van der Waals surface area contributed by atoms with Crippen LogP contribution in [0.3, 0.4) is 0 Å². The van der Waals surface area contributed by atoms with Crippen molar-refractivity contribution in [3.8, 4) is 0 Å². The molecule has 4 nitrogen and oxygen atoms in total. The molecular formula is C7H6Na2O4. The number of carbonyl (C=O) groups excluding carboxylic acids is 2. The van der Waals surface area contributed by atoms with Gasteiger partial charge in [0, 0.05) is 0 Å². The van der Waals surface area contributed by atoms with Crippen LogP contribution >= 0.6 is 0 Å². The van der Waals surface area contributed by atoms with E-state index in [1.54, 1.807) is 0 Å². The van der Waals surface area contributed by atoms with E-state index in [9.17, 15) is 19.8 Å². The summed E-state index contributed by atoms with van der Waals surface area (Å²) in [4.78, 5) is 20.8. The predicted octanol–water partition coefficient (Wildman–Crippen LogP) is -8.17. The molecule has 0 bridgehead atoms. The Balaban J connectivity index is 0. The van der Waals surface area contributed by atoms with E-state index in [0.717, 1.165) is 6.08 Å². The van der Waals surface area contributed by atoms with Crippen molar-refractivity contribution in [1.82, 2.24) is 0 Å². The summed E-state index contributed by atoms with van der Waals surface area (Å²) >= 11 is 0. The van der Waals surface area contributed by atoms with Crippen molar-refractivity contribution in [2.45, 2.75) is 12.8 Å². The van der Waals surface area contributed by atoms with Gasteiger partial charge in [0.1, 0.15) is 0 Å². The minimum atomic E-state index is -1.88. The second-order valence-electron chi connectivity index (χ2n) is 2.49. The first-order valence-corrected chi connectivity index (χ1v) is 3.20. The molecule has 60 valence electrons. The standard InChI is InChI=1S/C7H8O4.2Na/c8-5(9)7(6(10)11)3-1-2-4-7;;/h1,3H,2,4H2,(H,8,9)(H,10,11);;/q;2*+1/p-2. The van der Waals surface area contributed by atoms with Gasteiger partial charge in [-0.3, -0.25) is 0 Å². The Kier molecular flexibility index (Phi) is 7.71. The molecule has 0 N–H and O–H groups in total. The molecule has 0 unspecified atom stereocenters. The van der Waals surface area contributed by atoms with Crippen LogP contribution in [0.1, 0.15) is 12.8 Å². The van der Waals surface area contributed by atoms with E-state index in [1.807, 2.05) is 0 Å². The summed E-state index contributed by atoms with van der Waals surface area (Å²) in [5.41, 5.74) is -1.88. The monoisotopic (exact) mass is 200 g/mol. The fraction of sp³-hybridized carbons (Fsp3) is 0.429. The summed E-state index contributed by atoms with van der Waals surface area (Å²) in [5.74, 6) is -3.18. The molecule has 6 heteroatoms. The third-order valence-electron chi connectivity index (χ3n) is 1.84. The van der Waals surface area contributed by atoms with Gasteiger partial charge in [-0.2, -0.15) is 0 Å². The Labute approximate surface area is 120 Å². The maximum atomic E-state index is 10.4. The molecule has 0 spiro atoms. The van der Waals surface area contributed by atoms with Crippen LogP contribution < -0.4 is 69.3 Å². The van der Waals surface area contributed by atoms with Crippen LogP contribution in [-0.2, 0) is 9.59 Å². The second-order valence-corrected chi connectivity index (χ2v) is 2.49. The summed E-state index contributed by atoms with van der Waals surface area (Å²) in [6.45, 7) is 0. The minimum Gasteiger partial charge on any atom is -0.549 e. The van der Waals surface area contributed by atoms with E-state index in [4.69, 9.17) is 0 Å². The predicted molar refractivity (Wildman–Crippen MR) is 30.8 cm³/mol. The van der Waals surface area contributed by atoms with Gasteiger partial charge < -0.3 is 19.8 Å². The van der Waals surface area contributed by atoms with Gasteiger partial charge in [0.05, 0.1) is 17.4 Å². The van der Waals surface area contributed by atoms with Crippen molar-refractivity contribution >= 4 is 11.9 Å². The van der Waals surface area contributed by atoms with Crippen LogP contribution in [0.25, 0.3) is 0 Å². The molecule has 0 aliphatic heterocycles. The summed E-state index contributed by atoms with van der Waals surface area (Å²) in [6.07, 6.45) is 3.11. The average molecular weight is 200 g/mol. The minimum absolute atomic E-state index is 0. The van der Waals surface area contributed by atoms with E-state index in [-0.39, 0.29) is 65.5 Å². The molecule has 0 aromatic rings. The molecule has 0 aromatic carbocycles. The quantitative estimate of drug-likeness (QED) is 0.252. The number of rotatable bonds is 2. The first-order valence-electron chi connectivity index (χ1n) is 3.20. The molecule has 0 amide bonds. The van der Waals surface area contributed by atoms with Gasteiger partial charge in [-0.1, -0.05) is 12.2 Å². The summed E-state index contributed by atoms with van der Waals surface area (Å²) in [5, 5.41) is 20.8. The SMILES string of the molecule is O=C([O-])C1(C(=O)[O-])C=CCC1.[Na+].[Na+]. The molecular weight excluding hydrogens is 194 g/mol. The third kappa shape index (κ3) is 3.08. The van der Waals surface area contributed by atoms with E-state index in [0.29, 0.717) is 6.42 Å². The van der Waals surface area contributed by atoms with Crippen LogP contribution in [0, 0.1) is 5.41 Å². The Morgan fingerprint density at radius 2 is 1.62 bits per heavy atom. The van der Waals surface area contributed by atoms with Gasteiger partial charge >= 0.3 is 59.1 Å². The average Bonchev–Trinajstić information content (AvgIpc) is 2.34. The first-order chi connectivity index (χ1) is 5.09. The zero-order valence-electron chi connectivity index (χ0n) is 7.70. The molecule has 1 aliphatic rings. The van der Waals surface area contributed by atoms with Crippen LogP contribution in [0.2, 0.25) is 0 Å².